The molecule has 0 aromatic heterocycles. The molecular weight excluding hydrogens is 230 g/mol. The molecule has 104 valence electrons. The zero-order chi connectivity index (χ0) is 13.2. The highest BCUT2D eigenvalue weighted by Crippen LogP contribution is 2.30. The zero-order valence-corrected chi connectivity index (χ0v) is 11.7. The number of carbonyl (C=O) groups excluding carboxylic acids is 1. The van der Waals surface area contributed by atoms with Crippen molar-refractivity contribution in [2.75, 3.05) is 33.2 Å². The lowest BCUT2D eigenvalue weighted by Gasteiger charge is -2.36. The van der Waals surface area contributed by atoms with Gasteiger partial charge in [0.05, 0.1) is 11.7 Å². The molecule has 2 unspecified atom stereocenters. The molecule has 0 saturated carbocycles. The van der Waals surface area contributed by atoms with E-state index in [1.54, 1.807) is 7.05 Å². The van der Waals surface area contributed by atoms with Gasteiger partial charge in [0, 0.05) is 33.2 Å². The van der Waals surface area contributed by atoms with Crippen LogP contribution in [0.1, 0.15) is 26.7 Å². The number of carbonyl (C=O) groups is 1. The summed E-state index contributed by atoms with van der Waals surface area (Å²) in [6.07, 6.45) is 2.47. The molecule has 5 nitrogen and oxygen atoms in total. The van der Waals surface area contributed by atoms with Gasteiger partial charge in [-0.15, -0.1) is 0 Å². The lowest BCUT2D eigenvalue weighted by atomic mass is 10.0. The van der Waals surface area contributed by atoms with Crippen molar-refractivity contribution in [1.29, 1.82) is 0 Å². The average Bonchev–Trinajstić information content (AvgIpc) is 2.68. The first-order valence-corrected chi connectivity index (χ1v) is 6.86. The second kappa shape index (κ2) is 5.55. The van der Waals surface area contributed by atoms with Crippen molar-refractivity contribution in [2.45, 2.75) is 44.4 Å². The highest BCUT2D eigenvalue weighted by atomic mass is 16.5. The first kappa shape index (κ1) is 13.8. The Bertz CT molecular complexity index is 307. The van der Waals surface area contributed by atoms with Gasteiger partial charge in [-0.3, -0.25) is 9.69 Å². The molecule has 2 fully saturated rings. The highest BCUT2D eigenvalue weighted by molar-refractivity contribution is 5.81. The summed E-state index contributed by atoms with van der Waals surface area (Å²) >= 11 is 0. The standard InChI is InChI=1S/C13H25N3O2/c1-13(2)5-4-10(18-13)9-16-7-6-15-8-11(16)12(17)14-3/h10-11,15H,4-9H2,1-3H3,(H,14,17). The molecule has 2 saturated heterocycles. The van der Waals surface area contributed by atoms with Gasteiger partial charge in [-0.25, -0.2) is 0 Å². The van der Waals surface area contributed by atoms with E-state index in [1.807, 2.05) is 0 Å². The number of rotatable bonds is 3. The van der Waals surface area contributed by atoms with Crippen molar-refractivity contribution in [3.05, 3.63) is 0 Å². The fourth-order valence-electron chi connectivity index (χ4n) is 2.86. The molecule has 0 radical (unpaired) electrons. The van der Waals surface area contributed by atoms with Crippen molar-refractivity contribution in [2.24, 2.45) is 0 Å². The minimum Gasteiger partial charge on any atom is -0.371 e. The molecule has 5 heteroatoms. The molecule has 2 aliphatic heterocycles. The zero-order valence-electron chi connectivity index (χ0n) is 11.7. The van der Waals surface area contributed by atoms with Crippen LogP contribution in [-0.2, 0) is 9.53 Å². The van der Waals surface area contributed by atoms with E-state index >= 15 is 0 Å². The maximum atomic E-state index is 11.8. The van der Waals surface area contributed by atoms with E-state index in [4.69, 9.17) is 4.74 Å². The van der Waals surface area contributed by atoms with Crippen molar-refractivity contribution >= 4 is 5.91 Å². The Balaban J connectivity index is 1.92. The topological polar surface area (TPSA) is 53.6 Å². The summed E-state index contributed by atoms with van der Waals surface area (Å²) in [5, 5.41) is 6.02. The lowest BCUT2D eigenvalue weighted by molar-refractivity contribution is -0.127. The first-order chi connectivity index (χ1) is 8.52. The molecule has 0 spiro atoms. The van der Waals surface area contributed by atoms with Crippen molar-refractivity contribution < 1.29 is 9.53 Å². The first-order valence-electron chi connectivity index (χ1n) is 6.86. The Morgan fingerprint density at radius 1 is 1.56 bits per heavy atom. The van der Waals surface area contributed by atoms with Crippen LogP contribution in [-0.4, -0.2) is 61.8 Å². The van der Waals surface area contributed by atoms with Gasteiger partial charge in [0.15, 0.2) is 0 Å². The third kappa shape index (κ3) is 3.22. The van der Waals surface area contributed by atoms with Crippen LogP contribution in [0.4, 0.5) is 0 Å². The Kier molecular flexibility index (Phi) is 4.25. The number of ether oxygens (including phenoxy) is 1. The van der Waals surface area contributed by atoms with Gasteiger partial charge in [-0.2, -0.15) is 0 Å². The van der Waals surface area contributed by atoms with Gasteiger partial charge in [0.25, 0.3) is 0 Å². The summed E-state index contributed by atoms with van der Waals surface area (Å²) < 4.78 is 6.02. The summed E-state index contributed by atoms with van der Waals surface area (Å²) in [6, 6.07) is -0.0592. The maximum Gasteiger partial charge on any atom is 0.238 e. The van der Waals surface area contributed by atoms with E-state index in [0.717, 1.165) is 39.0 Å². The molecule has 2 rings (SSSR count). The Morgan fingerprint density at radius 2 is 2.33 bits per heavy atom. The molecule has 2 heterocycles. The van der Waals surface area contributed by atoms with Crippen molar-refractivity contribution in [3.63, 3.8) is 0 Å². The number of hydrogen-bond acceptors (Lipinski definition) is 4. The fraction of sp³-hybridized carbons (Fsp3) is 0.923. The van der Waals surface area contributed by atoms with Crippen LogP contribution in [0.3, 0.4) is 0 Å². The largest absolute Gasteiger partial charge is 0.371 e. The molecule has 0 aliphatic carbocycles. The van der Waals surface area contributed by atoms with Crippen LogP contribution < -0.4 is 10.6 Å². The molecule has 18 heavy (non-hydrogen) atoms. The normalized spacial score (nSPS) is 32.4. The van der Waals surface area contributed by atoms with Crippen LogP contribution in [0.25, 0.3) is 0 Å². The van der Waals surface area contributed by atoms with Gasteiger partial charge in [-0.05, 0) is 26.7 Å². The molecule has 2 atom stereocenters. The second-order valence-electron chi connectivity index (χ2n) is 5.87. The van der Waals surface area contributed by atoms with Crippen molar-refractivity contribution in [1.82, 2.24) is 15.5 Å². The quantitative estimate of drug-likeness (QED) is 0.743. The number of piperazine rings is 1. The van der Waals surface area contributed by atoms with Gasteiger partial charge >= 0.3 is 0 Å². The minimum atomic E-state index is -0.0592. The summed E-state index contributed by atoms with van der Waals surface area (Å²) in [5.74, 6) is 0.0967. The Hall–Kier alpha value is -0.650. The highest BCUT2D eigenvalue weighted by Gasteiger charge is 2.35. The van der Waals surface area contributed by atoms with Gasteiger partial charge < -0.3 is 15.4 Å². The van der Waals surface area contributed by atoms with Crippen LogP contribution >= 0.6 is 0 Å². The number of nitrogens with zero attached hydrogens (tertiary/aromatic N) is 1. The van der Waals surface area contributed by atoms with Crippen molar-refractivity contribution in [3.8, 4) is 0 Å². The van der Waals surface area contributed by atoms with E-state index in [1.165, 1.54) is 0 Å². The Morgan fingerprint density at radius 3 is 2.94 bits per heavy atom. The molecule has 1 amide bonds. The van der Waals surface area contributed by atoms with Crippen LogP contribution in [0.5, 0.6) is 0 Å². The predicted molar refractivity (Wildman–Crippen MR) is 70.5 cm³/mol. The molecule has 0 aromatic carbocycles. The smallest absolute Gasteiger partial charge is 0.238 e. The summed E-state index contributed by atoms with van der Waals surface area (Å²) in [5.41, 5.74) is 0.00121. The summed E-state index contributed by atoms with van der Waals surface area (Å²) in [6.45, 7) is 7.74. The average molecular weight is 255 g/mol. The van der Waals surface area contributed by atoms with Gasteiger partial charge in [0.1, 0.15) is 6.04 Å². The summed E-state index contributed by atoms with van der Waals surface area (Å²) in [4.78, 5) is 14.1. The number of likely N-dealkylation sites (N-methyl/N-ethyl adjacent to an activating group) is 1. The van der Waals surface area contributed by atoms with E-state index in [9.17, 15) is 4.79 Å². The number of nitrogens with one attached hydrogen (secondary N) is 2. The SMILES string of the molecule is CNC(=O)C1CNCCN1CC1CCC(C)(C)O1. The minimum absolute atomic E-state index is 0.00121. The van der Waals surface area contributed by atoms with Crippen LogP contribution in [0, 0.1) is 0 Å². The monoisotopic (exact) mass is 255 g/mol. The third-order valence-corrected chi connectivity index (χ3v) is 3.90. The summed E-state index contributed by atoms with van der Waals surface area (Å²) in [7, 11) is 1.70. The third-order valence-electron chi connectivity index (χ3n) is 3.90. The maximum absolute atomic E-state index is 11.8. The predicted octanol–water partition coefficient (Wildman–Crippen LogP) is -0.0362. The van der Waals surface area contributed by atoms with Crippen LogP contribution in [0.2, 0.25) is 0 Å². The second-order valence-corrected chi connectivity index (χ2v) is 5.87. The van der Waals surface area contributed by atoms with Crippen LogP contribution in [0.15, 0.2) is 0 Å². The number of hydrogen-bond donors (Lipinski definition) is 2. The molecular formula is C13H25N3O2. The number of amides is 1. The molecule has 0 aromatic rings. The van der Waals surface area contributed by atoms with E-state index in [0.29, 0.717) is 0 Å². The molecule has 2 N–H and O–H groups in total. The Labute approximate surface area is 109 Å². The fourth-order valence-corrected chi connectivity index (χ4v) is 2.86. The van der Waals surface area contributed by atoms with Gasteiger partial charge in [-0.1, -0.05) is 0 Å². The van der Waals surface area contributed by atoms with E-state index in [2.05, 4.69) is 29.4 Å². The van der Waals surface area contributed by atoms with E-state index in [-0.39, 0.29) is 23.7 Å². The molecule has 0 bridgehead atoms. The van der Waals surface area contributed by atoms with E-state index < -0.39 is 0 Å². The lowest BCUT2D eigenvalue weighted by Crippen LogP contribution is -2.58. The van der Waals surface area contributed by atoms with Gasteiger partial charge in [0.2, 0.25) is 5.91 Å². The molecule has 2 aliphatic rings.